The first-order valence-electron chi connectivity index (χ1n) is 8.57. The van der Waals surface area contributed by atoms with Crippen LogP contribution in [0.4, 0.5) is 0 Å². The largest absolute Gasteiger partial charge is 0.303 e. The predicted octanol–water partition coefficient (Wildman–Crippen LogP) is 3.33. The third-order valence-electron chi connectivity index (χ3n) is 4.19. The minimum Gasteiger partial charge on any atom is -0.303 e. The van der Waals surface area contributed by atoms with Crippen LogP contribution in [-0.2, 0) is 6.54 Å². The topological polar surface area (TPSA) is 46.8 Å². The smallest absolute Gasteiger partial charge is 0.191 e. The first kappa shape index (κ1) is 16.5. The SMILES string of the molecule is CCCn1c(SCCN2CCCCC2)nnc1-c1ccncc1. The van der Waals surface area contributed by atoms with Gasteiger partial charge in [-0.3, -0.25) is 4.98 Å². The summed E-state index contributed by atoms with van der Waals surface area (Å²) in [5.41, 5.74) is 1.09. The molecule has 5 nitrogen and oxygen atoms in total. The van der Waals surface area contributed by atoms with Crippen molar-refractivity contribution in [1.82, 2.24) is 24.6 Å². The molecule has 124 valence electrons. The Hall–Kier alpha value is -1.40. The van der Waals surface area contributed by atoms with Crippen molar-refractivity contribution in [3.8, 4) is 11.4 Å². The molecule has 0 aliphatic carbocycles. The molecule has 0 aromatic carbocycles. The fourth-order valence-electron chi connectivity index (χ4n) is 2.98. The molecule has 2 aromatic rings. The zero-order valence-electron chi connectivity index (χ0n) is 13.8. The van der Waals surface area contributed by atoms with E-state index in [1.165, 1.54) is 32.4 Å². The van der Waals surface area contributed by atoms with Gasteiger partial charge < -0.3 is 9.47 Å². The van der Waals surface area contributed by atoms with Gasteiger partial charge in [-0.1, -0.05) is 25.1 Å². The Morgan fingerprint density at radius 3 is 2.57 bits per heavy atom. The summed E-state index contributed by atoms with van der Waals surface area (Å²) in [5, 5.41) is 9.89. The lowest BCUT2D eigenvalue weighted by atomic mass is 10.1. The number of thioether (sulfide) groups is 1. The van der Waals surface area contributed by atoms with Gasteiger partial charge in [0, 0.05) is 36.8 Å². The van der Waals surface area contributed by atoms with Gasteiger partial charge >= 0.3 is 0 Å². The molecule has 0 atom stereocenters. The van der Waals surface area contributed by atoms with Crippen molar-refractivity contribution < 1.29 is 0 Å². The van der Waals surface area contributed by atoms with Gasteiger partial charge in [-0.25, -0.2) is 0 Å². The Morgan fingerprint density at radius 2 is 1.83 bits per heavy atom. The number of hydrogen-bond acceptors (Lipinski definition) is 5. The van der Waals surface area contributed by atoms with Crippen LogP contribution in [0.1, 0.15) is 32.6 Å². The molecule has 2 aromatic heterocycles. The summed E-state index contributed by atoms with van der Waals surface area (Å²) in [6, 6.07) is 4.00. The Bertz CT molecular complexity index is 592. The van der Waals surface area contributed by atoms with Crippen molar-refractivity contribution in [2.24, 2.45) is 0 Å². The first-order chi connectivity index (χ1) is 11.4. The van der Waals surface area contributed by atoms with Gasteiger partial charge in [0.25, 0.3) is 0 Å². The number of likely N-dealkylation sites (tertiary alicyclic amines) is 1. The van der Waals surface area contributed by atoms with Crippen molar-refractivity contribution in [3.63, 3.8) is 0 Å². The van der Waals surface area contributed by atoms with Crippen LogP contribution in [0.15, 0.2) is 29.7 Å². The van der Waals surface area contributed by atoms with Gasteiger partial charge in [0.15, 0.2) is 11.0 Å². The van der Waals surface area contributed by atoms with Gasteiger partial charge in [0.05, 0.1) is 0 Å². The maximum Gasteiger partial charge on any atom is 0.191 e. The van der Waals surface area contributed by atoms with E-state index in [4.69, 9.17) is 0 Å². The molecular formula is C17H25N5S. The second kappa shape index (κ2) is 8.45. The summed E-state index contributed by atoms with van der Waals surface area (Å²) >= 11 is 1.83. The van der Waals surface area contributed by atoms with Crippen molar-refractivity contribution >= 4 is 11.8 Å². The van der Waals surface area contributed by atoms with E-state index in [9.17, 15) is 0 Å². The molecule has 0 bridgehead atoms. The van der Waals surface area contributed by atoms with Gasteiger partial charge in [-0.2, -0.15) is 0 Å². The van der Waals surface area contributed by atoms with Gasteiger partial charge in [0.1, 0.15) is 0 Å². The van der Waals surface area contributed by atoms with E-state index in [1.807, 2.05) is 36.3 Å². The summed E-state index contributed by atoms with van der Waals surface area (Å²) in [6.45, 7) is 6.80. The van der Waals surface area contributed by atoms with Gasteiger partial charge in [-0.05, 0) is 44.5 Å². The van der Waals surface area contributed by atoms with E-state index in [0.717, 1.165) is 41.8 Å². The number of pyridine rings is 1. The molecule has 0 saturated carbocycles. The summed E-state index contributed by atoms with van der Waals surface area (Å²) in [7, 11) is 0. The zero-order valence-corrected chi connectivity index (χ0v) is 14.6. The summed E-state index contributed by atoms with van der Waals surface area (Å²) in [5.74, 6) is 2.03. The maximum atomic E-state index is 4.43. The molecule has 0 spiro atoms. The van der Waals surface area contributed by atoms with Crippen LogP contribution in [-0.4, -0.2) is 50.0 Å². The average molecular weight is 331 g/mol. The third kappa shape index (κ3) is 4.32. The number of rotatable bonds is 7. The summed E-state index contributed by atoms with van der Waals surface area (Å²) < 4.78 is 2.25. The molecule has 0 radical (unpaired) electrons. The lowest BCUT2D eigenvalue weighted by Gasteiger charge is -2.25. The van der Waals surface area contributed by atoms with E-state index in [2.05, 4.69) is 31.6 Å². The summed E-state index contributed by atoms with van der Waals surface area (Å²) in [6.07, 6.45) is 8.79. The monoisotopic (exact) mass is 331 g/mol. The minimum atomic E-state index is 0.953. The van der Waals surface area contributed by atoms with Crippen molar-refractivity contribution in [1.29, 1.82) is 0 Å². The van der Waals surface area contributed by atoms with E-state index in [0.29, 0.717) is 0 Å². The number of piperidine rings is 1. The maximum absolute atomic E-state index is 4.43. The number of nitrogens with zero attached hydrogens (tertiary/aromatic N) is 5. The Kier molecular flexibility index (Phi) is 6.05. The normalized spacial score (nSPS) is 15.9. The van der Waals surface area contributed by atoms with Crippen LogP contribution in [0, 0.1) is 0 Å². The predicted molar refractivity (Wildman–Crippen MR) is 94.6 cm³/mol. The molecule has 1 fully saturated rings. The second-order valence-corrected chi connectivity index (χ2v) is 7.01. The number of aromatic nitrogens is 4. The molecule has 23 heavy (non-hydrogen) atoms. The third-order valence-corrected chi connectivity index (χ3v) is 5.14. The second-order valence-electron chi connectivity index (χ2n) is 5.94. The molecule has 1 aliphatic heterocycles. The first-order valence-corrected chi connectivity index (χ1v) is 9.56. The minimum absolute atomic E-state index is 0.953. The van der Waals surface area contributed by atoms with Crippen molar-refractivity contribution in [2.75, 3.05) is 25.4 Å². The highest BCUT2D eigenvalue weighted by Crippen LogP contribution is 2.24. The van der Waals surface area contributed by atoms with Crippen LogP contribution in [0.25, 0.3) is 11.4 Å². The highest BCUT2D eigenvalue weighted by atomic mass is 32.2. The summed E-state index contributed by atoms with van der Waals surface area (Å²) in [4.78, 5) is 6.66. The standard InChI is InChI=1S/C17H25N5S/c1-2-10-22-16(15-6-8-18-9-7-15)19-20-17(22)23-14-13-21-11-4-3-5-12-21/h6-9H,2-5,10-14H2,1H3. The van der Waals surface area contributed by atoms with Crippen LogP contribution < -0.4 is 0 Å². The molecule has 1 aliphatic rings. The van der Waals surface area contributed by atoms with Crippen LogP contribution in [0.3, 0.4) is 0 Å². The molecule has 6 heteroatoms. The fourth-order valence-corrected chi connectivity index (χ4v) is 3.95. The molecular weight excluding hydrogens is 306 g/mol. The van der Waals surface area contributed by atoms with E-state index in [1.54, 1.807) is 0 Å². The molecule has 0 unspecified atom stereocenters. The molecule has 1 saturated heterocycles. The molecule has 0 N–H and O–H groups in total. The van der Waals surface area contributed by atoms with Gasteiger partial charge in [-0.15, -0.1) is 10.2 Å². The molecule has 3 heterocycles. The lowest BCUT2D eigenvalue weighted by molar-refractivity contribution is 0.242. The fraction of sp³-hybridized carbons (Fsp3) is 0.588. The quantitative estimate of drug-likeness (QED) is 0.728. The Morgan fingerprint density at radius 1 is 1.04 bits per heavy atom. The van der Waals surface area contributed by atoms with Crippen molar-refractivity contribution in [3.05, 3.63) is 24.5 Å². The Balaban J connectivity index is 1.65. The highest BCUT2D eigenvalue weighted by Gasteiger charge is 2.15. The Labute approximate surface area is 142 Å². The molecule has 0 amide bonds. The van der Waals surface area contributed by atoms with Crippen molar-refractivity contribution in [2.45, 2.75) is 44.3 Å². The lowest BCUT2D eigenvalue weighted by Crippen LogP contribution is -2.31. The van der Waals surface area contributed by atoms with E-state index < -0.39 is 0 Å². The van der Waals surface area contributed by atoms with Crippen LogP contribution in [0.5, 0.6) is 0 Å². The molecule has 3 rings (SSSR count). The van der Waals surface area contributed by atoms with Gasteiger partial charge in [0.2, 0.25) is 0 Å². The highest BCUT2D eigenvalue weighted by molar-refractivity contribution is 7.99. The average Bonchev–Trinajstić information content (AvgIpc) is 3.00. The van der Waals surface area contributed by atoms with Crippen LogP contribution in [0.2, 0.25) is 0 Å². The van der Waals surface area contributed by atoms with Crippen LogP contribution >= 0.6 is 11.8 Å². The zero-order chi connectivity index (χ0) is 15.9. The van der Waals surface area contributed by atoms with E-state index >= 15 is 0 Å². The van der Waals surface area contributed by atoms with E-state index in [-0.39, 0.29) is 0 Å². The number of hydrogen-bond donors (Lipinski definition) is 0.